The number of halogens is 1. The summed E-state index contributed by atoms with van der Waals surface area (Å²) in [5.74, 6) is 1.08. The first-order valence-corrected chi connectivity index (χ1v) is 8.73. The molecule has 1 aromatic carbocycles. The van der Waals surface area contributed by atoms with Crippen LogP contribution in [0.1, 0.15) is 31.2 Å². The molecule has 0 spiro atoms. The van der Waals surface area contributed by atoms with Crippen molar-refractivity contribution in [2.75, 3.05) is 18.5 Å². The van der Waals surface area contributed by atoms with Crippen molar-refractivity contribution in [1.29, 1.82) is 0 Å². The highest BCUT2D eigenvalue weighted by atomic mass is 35.5. The van der Waals surface area contributed by atoms with Crippen LogP contribution in [0.4, 0.5) is 5.82 Å². The van der Waals surface area contributed by atoms with Crippen LogP contribution in [0.25, 0.3) is 16.8 Å². The van der Waals surface area contributed by atoms with Crippen molar-refractivity contribution in [2.45, 2.75) is 33.6 Å². The molecule has 2 aromatic heterocycles. The van der Waals surface area contributed by atoms with E-state index in [9.17, 15) is 0 Å². The number of hydrogen-bond acceptors (Lipinski definition) is 3. The quantitative estimate of drug-likeness (QED) is 0.661. The second-order valence-corrected chi connectivity index (χ2v) is 6.67. The molecule has 0 aliphatic heterocycles. The summed E-state index contributed by atoms with van der Waals surface area (Å²) in [5.41, 5.74) is 5.03. The molecule has 0 bridgehead atoms. The standard InChI is InChI=1S/C19H23ClN4/c1-5-6-11-23(4)17-12-13(2)21-19-18(14(3)22-24(17)19)15-7-9-16(20)10-8-15/h7-10,12H,5-6,11H2,1-4H3. The summed E-state index contributed by atoms with van der Waals surface area (Å²) in [6, 6.07) is 9.96. The first-order chi connectivity index (χ1) is 11.5. The lowest BCUT2D eigenvalue weighted by Crippen LogP contribution is -2.21. The number of anilines is 1. The van der Waals surface area contributed by atoms with E-state index in [1.165, 1.54) is 6.42 Å². The van der Waals surface area contributed by atoms with Gasteiger partial charge in [-0.3, -0.25) is 0 Å². The van der Waals surface area contributed by atoms with Crippen molar-refractivity contribution in [1.82, 2.24) is 14.6 Å². The lowest BCUT2D eigenvalue weighted by Gasteiger charge is -2.20. The smallest absolute Gasteiger partial charge is 0.165 e. The summed E-state index contributed by atoms with van der Waals surface area (Å²) in [5, 5.41) is 5.49. The lowest BCUT2D eigenvalue weighted by molar-refractivity contribution is 0.742. The highest BCUT2D eigenvalue weighted by molar-refractivity contribution is 6.30. The fourth-order valence-corrected chi connectivity index (χ4v) is 3.09. The molecule has 3 rings (SSSR count). The minimum atomic E-state index is 0.733. The Morgan fingerprint density at radius 1 is 1.17 bits per heavy atom. The molecule has 0 fully saturated rings. The van der Waals surface area contributed by atoms with Gasteiger partial charge in [-0.05, 0) is 38.0 Å². The van der Waals surface area contributed by atoms with Crippen molar-refractivity contribution in [2.24, 2.45) is 0 Å². The minimum absolute atomic E-state index is 0.733. The topological polar surface area (TPSA) is 33.4 Å². The van der Waals surface area contributed by atoms with Gasteiger partial charge in [0.05, 0.1) is 5.69 Å². The Morgan fingerprint density at radius 3 is 2.54 bits per heavy atom. The average molecular weight is 343 g/mol. The van der Waals surface area contributed by atoms with E-state index in [2.05, 4.69) is 24.9 Å². The number of fused-ring (bicyclic) bond motifs is 1. The molecule has 0 aliphatic carbocycles. The predicted octanol–water partition coefficient (Wildman–Crippen LogP) is 4.90. The Balaban J connectivity index is 2.17. The van der Waals surface area contributed by atoms with Crippen LogP contribution in [0.15, 0.2) is 30.3 Å². The second kappa shape index (κ2) is 6.81. The van der Waals surface area contributed by atoms with Gasteiger partial charge in [0.1, 0.15) is 5.82 Å². The van der Waals surface area contributed by atoms with Crippen LogP contribution in [0, 0.1) is 13.8 Å². The van der Waals surface area contributed by atoms with Crippen molar-refractivity contribution < 1.29 is 0 Å². The Morgan fingerprint density at radius 2 is 1.88 bits per heavy atom. The van der Waals surface area contributed by atoms with Crippen molar-refractivity contribution in [3.05, 3.63) is 46.7 Å². The molecular formula is C19H23ClN4. The molecule has 3 aromatic rings. The zero-order valence-electron chi connectivity index (χ0n) is 14.7. The SMILES string of the molecule is CCCCN(C)c1cc(C)nc2c(-c3ccc(Cl)cc3)c(C)nn12. The Bertz CT molecular complexity index is 852. The second-order valence-electron chi connectivity index (χ2n) is 6.23. The Hall–Kier alpha value is -2.07. The summed E-state index contributed by atoms with van der Waals surface area (Å²) in [7, 11) is 2.11. The summed E-state index contributed by atoms with van der Waals surface area (Å²) in [6.07, 6.45) is 2.33. The van der Waals surface area contributed by atoms with Gasteiger partial charge in [-0.1, -0.05) is 37.1 Å². The fourth-order valence-electron chi connectivity index (χ4n) is 2.96. The van der Waals surface area contributed by atoms with Crippen molar-refractivity contribution in [3.8, 4) is 11.1 Å². The molecule has 0 saturated carbocycles. The minimum Gasteiger partial charge on any atom is -0.360 e. The normalized spacial score (nSPS) is 11.2. The third-order valence-corrected chi connectivity index (χ3v) is 4.50. The zero-order valence-corrected chi connectivity index (χ0v) is 15.4. The molecule has 0 unspecified atom stereocenters. The fraction of sp³-hybridized carbons (Fsp3) is 0.368. The number of hydrogen-bond donors (Lipinski definition) is 0. The van der Waals surface area contributed by atoms with Crippen molar-refractivity contribution >= 4 is 23.1 Å². The molecular weight excluding hydrogens is 320 g/mol. The molecule has 0 saturated heterocycles. The maximum Gasteiger partial charge on any atom is 0.165 e. The van der Waals surface area contributed by atoms with Crippen LogP contribution in [-0.2, 0) is 0 Å². The summed E-state index contributed by atoms with van der Waals surface area (Å²) >= 11 is 6.03. The number of nitrogens with zero attached hydrogens (tertiary/aromatic N) is 4. The van der Waals surface area contributed by atoms with Crippen LogP contribution in [0.5, 0.6) is 0 Å². The zero-order chi connectivity index (χ0) is 17.3. The molecule has 4 nitrogen and oxygen atoms in total. The monoisotopic (exact) mass is 342 g/mol. The molecule has 126 valence electrons. The maximum atomic E-state index is 6.03. The lowest BCUT2D eigenvalue weighted by atomic mass is 10.1. The average Bonchev–Trinajstić information content (AvgIpc) is 2.88. The van der Waals surface area contributed by atoms with Crippen LogP contribution in [0.3, 0.4) is 0 Å². The van der Waals surface area contributed by atoms with Crippen LogP contribution in [0.2, 0.25) is 5.02 Å². The van der Waals surface area contributed by atoms with E-state index < -0.39 is 0 Å². The number of benzene rings is 1. The number of aromatic nitrogens is 3. The van der Waals surface area contributed by atoms with E-state index >= 15 is 0 Å². The summed E-state index contributed by atoms with van der Waals surface area (Å²) in [6.45, 7) is 7.27. The third-order valence-electron chi connectivity index (χ3n) is 4.24. The Kier molecular flexibility index (Phi) is 4.76. The van der Waals surface area contributed by atoms with Gasteiger partial charge >= 0.3 is 0 Å². The van der Waals surface area contributed by atoms with E-state index in [1.807, 2.05) is 42.6 Å². The van der Waals surface area contributed by atoms with Gasteiger partial charge in [0, 0.05) is 35.9 Å². The Labute approximate surface area is 148 Å². The van der Waals surface area contributed by atoms with Gasteiger partial charge in [0.25, 0.3) is 0 Å². The van der Waals surface area contributed by atoms with E-state index in [0.29, 0.717) is 0 Å². The molecule has 2 heterocycles. The molecule has 0 N–H and O–H groups in total. The van der Waals surface area contributed by atoms with Gasteiger partial charge in [-0.15, -0.1) is 0 Å². The molecule has 0 radical (unpaired) electrons. The van der Waals surface area contributed by atoms with E-state index in [1.54, 1.807) is 0 Å². The predicted molar refractivity (Wildman–Crippen MR) is 101 cm³/mol. The van der Waals surface area contributed by atoms with Gasteiger partial charge < -0.3 is 4.90 Å². The van der Waals surface area contributed by atoms with Gasteiger partial charge in [-0.2, -0.15) is 9.61 Å². The van der Waals surface area contributed by atoms with Gasteiger partial charge in [-0.25, -0.2) is 4.98 Å². The van der Waals surface area contributed by atoms with E-state index in [0.717, 1.165) is 52.0 Å². The first-order valence-electron chi connectivity index (χ1n) is 8.35. The highest BCUT2D eigenvalue weighted by Crippen LogP contribution is 2.30. The largest absolute Gasteiger partial charge is 0.360 e. The van der Waals surface area contributed by atoms with Crippen LogP contribution in [-0.4, -0.2) is 28.2 Å². The first kappa shape index (κ1) is 16.8. The van der Waals surface area contributed by atoms with E-state index in [-0.39, 0.29) is 0 Å². The molecule has 24 heavy (non-hydrogen) atoms. The number of rotatable bonds is 5. The van der Waals surface area contributed by atoms with Gasteiger partial charge in [0.2, 0.25) is 0 Å². The van der Waals surface area contributed by atoms with Crippen LogP contribution >= 0.6 is 11.6 Å². The molecule has 0 aliphatic rings. The van der Waals surface area contributed by atoms with Crippen molar-refractivity contribution in [3.63, 3.8) is 0 Å². The molecule has 0 atom stereocenters. The third kappa shape index (κ3) is 3.11. The maximum absolute atomic E-state index is 6.03. The number of aryl methyl sites for hydroxylation is 2. The molecule has 0 amide bonds. The summed E-state index contributed by atoms with van der Waals surface area (Å²) < 4.78 is 1.96. The highest BCUT2D eigenvalue weighted by Gasteiger charge is 2.17. The summed E-state index contributed by atoms with van der Waals surface area (Å²) in [4.78, 5) is 7.01. The van der Waals surface area contributed by atoms with Gasteiger partial charge in [0.15, 0.2) is 5.65 Å². The molecule has 5 heteroatoms. The number of unbranched alkanes of at least 4 members (excludes halogenated alkanes) is 1. The van der Waals surface area contributed by atoms with Crippen LogP contribution < -0.4 is 4.90 Å². The van der Waals surface area contributed by atoms with E-state index in [4.69, 9.17) is 21.7 Å².